The molecule has 1 amide bonds. The quantitative estimate of drug-likeness (QED) is 0.224. The standard InChI is InChI=1S/C27H19ClFIN4O3S/c1-2-36-22-13-16(12-21(30)23(22)37-14-15-7-9-17(29)10-8-15)11-19-24(31)34-27(32-25(19)35)38-26(33-34)18-5-3-4-6-20(18)28/h3-13,31H,2,14H2,1H3/b19-11-,31-24?. The summed E-state index contributed by atoms with van der Waals surface area (Å²) in [5.41, 5.74) is 2.25. The highest BCUT2D eigenvalue weighted by molar-refractivity contribution is 14.1. The van der Waals surface area contributed by atoms with E-state index in [0.717, 1.165) is 9.13 Å². The zero-order valence-electron chi connectivity index (χ0n) is 19.9. The number of carbonyl (C=O) groups is 1. The molecule has 0 aromatic heterocycles. The van der Waals surface area contributed by atoms with Crippen LogP contribution >= 0.6 is 46.0 Å². The number of amidine groups is 2. The van der Waals surface area contributed by atoms with Crippen molar-refractivity contribution >= 4 is 74.0 Å². The molecule has 0 atom stereocenters. The van der Waals surface area contributed by atoms with Crippen LogP contribution in [0.4, 0.5) is 4.39 Å². The molecule has 192 valence electrons. The molecule has 5 rings (SSSR count). The average molecular weight is 661 g/mol. The van der Waals surface area contributed by atoms with E-state index in [2.05, 4.69) is 32.7 Å². The van der Waals surface area contributed by atoms with E-state index in [0.29, 0.717) is 44.5 Å². The Bertz CT molecular complexity index is 1540. The fourth-order valence-electron chi connectivity index (χ4n) is 3.71. The third-order valence-electron chi connectivity index (χ3n) is 5.50. The summed E-state index contributed by atoms with van der Waals surface area (Å²) in [6, 6.07) is 16.9. The van der Waals surface area contributed by atoms with Gasteiger partial charge in [-0.3, -0.25) is 10.2 Å². The van der Waals surface area contributed by atoms with E-state index < -0.39 is 5.91 Å². The van der Waals surface area contributed by atoms with Gasteiger partial charge >= 0.3 is 0 Å². The molecular formula is C27H19ClFIN4O3S. The number of halogens is 3. The number of benzene rings is 3. The SMILES string of the molecule is CCOc1cc(/C=C2/C(=N)N3N=C(c4ccccc4Cl)SC3=NC2=O)cc(I)c1OCc1ccc(F)cc1. The Morgan fingerprint density at radius 3 is 2.66 bits per heavy atom. The number of ether oxygens (including phenoxy) is 2. The minimum absolute atomic E-state index is 0.0841. The van der Waals surface area contributed by atoms with Gasteiger partial charge in [-0.15, -0.1) is 0 Å². The number of hydrogen-bond acceptors (Lipinski definition) is 6. The predicted octanol–water partition coefficient (Wildman–Crippen LogP) is 6.73. The van der Waals surface area contributed by atoms with Crippen molar-refractivity contribution in [2.75, 3.05) is 6.61 Å². The summed E-state index contributed by atoms with van der Waals surface area (Å²) < 4.78 is 25.8. The van der Waals surface area contributed by atoms with Crippen molar-refractivity contribution in [3.05, 3.63) is 97.3 Å². The van der Waals surface area contributed by atoms with Gasteiger partial charge in [0, 0.05) is 5.56 Å². The predicted molar refractivity (Wildman–Crippen MR) is 157 cm³/mol. The fourth-order valence-corrected chi connectivity index (χ4v) is 5.71. The molecule has 0 spiro atoms. The highest BCUT2D eigenvalue weighted by atomic mass is 127. The molecule has 2 aliphatic rings. The van der Waals surface area contributed by atoms with E-state index >= 15 is 0 Å². The van der Waals surface area contributed by atoms with Crippen LogP contribution in [0, 0.1) is 14.8 Å². The molecule has 0 saturated heterocycles. The first-order chi connectivity index (χ1) is 18.3. The lowest BCUT2D eigenvalue weighted by molar-refractivity contribution is -0.114. The van der Waals surface area contributed by atoms with Gasteiger partial charge in [-0.25, -0.2) is 4.39 Å². The topological polar surface area (TPSA) is 87.3 Å². The Balaban J connectivity index is 1.43. The van der Waals surface area contributed by atoms with Gasteiger partial charge in [0.15, 0.2) is 17.3 Å². The fraction of sp³-hybridized carbons (Fsp3) is 0.111. The largest absolute Gasteiger partial charge is 0.490 e. The average Bonchev–Trinajstić information content (AvgIpc) is 3.31. The lowest BCUT2D eigenvalue weighted by Crippen LogP contribution is -2.35. The lowest BCUT2D eigenvalue weighted by atomic mass is 10.1. The van der Waals surface area contributed by atoms with Crippen LogP contribution in [0.5, 0.6) is 11.5 Å². The molecule has 0 radical (unpaired) electrons. The van der Waals surface area contributed by atoms with Crippen LogP contribution in [0.1, 0.15) is 23.6 Å². The maximum absolute atomic E-state index is 13.2. The summed E-state index contributed by atoms with van der Waals surface area (Å²) in [7, 11) is 0. The van der Waals surface area contributed by atoms with Gasteiger partial charge in [0.25, 0.3) is 5.91 Å². The Labute approximate surface area is 241 Å². The number of aliphatic imine (C=N–C) groups is 1. The van der Waals surface area contributed by atoms with Crippen LogP contribution in [-0.4, -0.2) is 33.6 Å². The summed E-state index contributed by atoms with van der Waals surface area (Å²) in [6.07, 6.45) is 1.59. The van der Waals surface area contributed by atoms with E-state index in [4.69, 9.17) is 26.5 Å². The molecule has 3 aromatic rings. The molecule has 0 saturated carbocycles. The van der Waals surface area contributed by atoms with Crippen molar-refractivity contribution in [2.24, 2.45) is 10.1 Å². The van der Waals surface area contributed by atoms with Crippen molar-refractivity contribution in [3.8, 4) is 11.5 Å². The normalized spacial score (nSPS) is 15.9. The summed E-state index contributed by atoms with van der Waals surface area (Å²) in [5, 5.41) is 15.9. The van der Waals surface area contributed by atoms with E-state index in [-0.39, 0.29) is 23.8 Å². The van der Waals surface area contributed by atoms with Crippen LogP contribution in [0.25, 0.3) is 6.08 Å². The van der Waals surface area contributed by atoms with Gasteiger partial charge in [-0.05, 0) is 88.8 Å². The monoisotopic (exact) mass is 660 g/mol. The second-order valence-electron chi connectivity index (χ2n) is 8.08. The van der Waals surface area contributed by atoms with Gasteiger partial charge in [-0.1, -0.05) is 41.9 Å². The summed E-state index contributed by atoms with van der Waals surface area (Å²) in [6.45, 7) is 2.49. The van der Waals surface area contributed by atoms with Crippen LogP contribution in [-0.2, 0) is 11.4 Å². The molecule has 3 aromatic carbocycles. The van der Waals surface area contributed by atoms with Crippen molar-refractivity contribution in [1.82, 2.24) is 5.01 Å². The Morgan fingerprint density at radius 2 is 1.92 bits per heavy atom. The van der Waals surface area contributed by atoms with Crippen molar-refractivity contribution < 1.29 is 18.7 Å². The van der Waals surface area contributed by atoms with Crippen molar-refractivity contribution in [3.63, 3.8) is 0 Å². The number of carbonyl (C=O) groups excluding carboxylic acids is 1. The summed E-state index contributed by atoms with van der Waals surface area (Å²) in [4.78, 5) is 17.1. The molecule has 0 aliphatic carbocycles. The second-order valence-corrected chi connectivity index (χ2v) is 10.6. The number of nitrogens with zero attached hydrogens (tertiary/aromatic N) is 3. The number of thioether (sulfide) groups is 1. The number of fused-ring (bicyclic) bond motifs is 1. The molecule has 0 bridgehead atoms. The number of nitrogens with one attached hydrogen (secondary N) is 1. The van der Waals surface area contributed by atoms with Gasteiger partial charge in [0.05, 0.1) is 20.8 Å². The number of rotatable bonds is 7. The molecule has 1 N–H and O–H groups in total. The number of hydrazone groups is 1. The van der Waals surface area contributed by atoms with Gasteiger partial charge in [-0.2, -0.15) is 15.1 Å². The first-order valence-electron chi connectivity index (χ1n) is 11.4. The zero-order valence-corrected chi connectivity index (χ0v) is 23.6. The van der Waals surface area contributed by atoms with Crippen molar-refractivity contribution in [1.29, 1.82) is 5.41 Å². The maximum atomic E-state index is 13.2. The highest BCUT2D eigenvalue weighted by Crippen LogP contribution is 2.37. The van der Waals surface area contributed by atoms with Crippen LogP contribution in [0.15, 0.2) is 76.3 Å². The maximum Gasteiger partial charge on any atom is 0.283 e. The third kappa shape index (κ3) is 5.47. The van der Waals surface area contributed by atoms with Crippen LogP contribution in [0.3, 0.4) is 0 Å². The molecular weight excluding hydrogens is 642 g/mol. The van der Waals surface area contributed by atoms with E-state index in [1.807, 2.05) is 31.2 Å². The van der Waals surface area contributed by atoms with Gasteiger partial charge in [0.2, 0.25) is 5.17 Å². The lowest BCUT2D eigenvalue weighted by Gasteiger charge is -2.20. The van der Waals surface area contributed by atoms with E-state index in [9.17, 15) is 9.18 Å². The Hall–Kier alpha value is -3.22. The minimum atomic E-state index is -0.533. The summed E-state index contributed by atoms with van der Waals surface area (Å²) in [5.74, 6) is 0.0960. The third-order valence-corrected chi connectivity index (χ3v) is 7.57. The van der Waals surface area contributed by atoms with Gasteiger partial charge < -0.3 is 9.47 Å². The molecule has 11 heteroatoms. The van der Waals surface area contributed by atoms with Crippen molar-refractivity contribution in [2.45, 2.75) is 13.5 Å². The van der Waals surface area contributed by atoms with E-state index in [1.54, 1.807) is 30.3 Å². The molecule has 38 heavy (non-hydrogen) atoms. The van der Waals surface area contributed by atoms with E-state index in [1.165, 1.54) is 28.9 Å². The molecule has 0 unspecified atom stereocenters. The highest BCUT2D eigenvalue weighted by Gasteiger charge is 2.36. The molecule has 2 aliphatic heterocycles. The Kier molecular flexibility index (Phi) is 7.82. The smallest absolute Gasteiger partial charge is 0.283 e. The molecule has 7 nitrogen and oxygen atoms in total. The Morgan fingerprint density at radius 1 is 1.16 bits per heavy atom. The number of hydrogen-bond donors (Lipinski definition) is 1. The minimum Gasteiger partial charge on any atom is -0.490 e. The van der Waals surface area contributed by atoms with Crippen LogP contribution in [0.2, 0.25) is 5.02 Å². The molecule has 2 heterocycles. The zero-order chi connectivity index (χ0) is 26.8. The van der Waals surface area contributed by atoms with Crippen LogP contribution < -0.4 is 9.47 Å². The summed E-state index contributed by atoms with van der Waals surface area (Å²) >= 11 is 9.63. The first kappa shape index (κ1) is 26.4. The first-order valence-corrected chi connectivity index (χ1v) is 13.7. The molecule has 0 fully saturated rings. The second kappa shape index (κ2) is 11.3. The van der Waals surface area contributed by atoms with Gasteiger partial charge in [0.1, 0.15) is 17.5 Å². The number of amides is 1.